The molecule has 1 amide bonds. The van der Waals surface area contributed by atoms with Gasteiger partial charge in [0.15, 0.2) is 5.78 Å². The SMILES string of the molecule is CC(C)n1c(CC(=O)c2ccc3cc4n(c3c2)[C@H](C)CNC4=O)nc2ccccc21. The molecule has 6 heteroatoms. The van der Waals surface area contributed by atoms with Crippen LogP contribution in [0.1, 0.15) is 59.5 Å². The van der Waals surface area contributed by atoms with E-state index in [1.165, 1.54) is 0 Å². The summed E-state index contributed by atoms with van der Waals surface area (Å²) >= 11 is 0. The van der Waals surface area contributed by atoms with Crippen LogP contribution in [0.4, 0.5) is 0 Å². The molecule has 2 aromatic carbocycles. The zero-order valence-electron chi connectivity index (χ0n) is 17.3. The van der Waals surface area contributed by atoms with Crippen LogP contribution in [-0.4, -0.2) is 32.4 Å². The fourth-order valence-corrected chi connectivity index (χ4v) is 4.51. The van der Waals surface area contributed by atoms with Crippen molar-refractivity contribution < 1.29 is 9.59 Å². The van der Waals surface area contributed by atoms with E-state index < -0.39 is 0 Å². The van der Waals surface area contributed by atoms with E-state index in [-0.39, 0.29) is 30.2 Å². The summed E-state index contributed by atoms with van der Waals surface area (Å²) in [5, 5.41) is 3.88. The third-order valence-electron chi connectivity index (χ3n) is 5.90. The molecule has 1 aliphatic rings. The maximum atomic E-state index is 13.2. The highest BCUT2D eigenvalue weighted by Gasteiger charge is 2.25. The average molecular weight is 400 g/mol. The molecule has 0 bridgehead atoms. The van der Waals surface area contributed by atoms with Crippen molar-refractivity contribution in [2.75, 3.05) is 6.54 Å². The van der Waals surface area contributed by atoms with Gasteiger partial charge in [0.05, 0.1) is 17.5 Å². The van der Waals surface area contributed by atoms with Crippen LogP contribution in [0.5, 0.6) is 0 Å². The molecule has 3 heterocycles. The van der Waals surface area contributed by atoms with Gasteiger partial charge in [0.1, 0.15) is 11.5 Å². The van der Waals surface area contributed by atoms with Gasteiger partial charge in [-0.1, -0.05) is 24.3 Å². The molecule has 2 aromatic heterocycles. The van der Waals surface area contributed by atoms with Crippen molar-refractivity contribution in [2.24, 2.45) is 0 Å². The number of hydrogen-bond donors (Lipinski definition) is 1. The molecule has 0 radical (unpaired) electrons. The lowest BCUT2D eigenvalue weighted by Crippen LogP contribution is -2.37. The minimum Gasteiger partial charge on any atom is -0.349 e. The molecule has 6 nitrogen and oxygen atoms in total. The highest BCUT2D eigenvalue weighted by atomic mass is 16.2. The molecule has 0 aliphatic carbocycles. The van der Waals surface area contributed by atoms with Gasteiger partial charge in [-0.2, -0.15) is 0 Å². The number of carbonyl (C=O) groups excluding carboxylic acids is 2. The van der Waals surface area contributed by atoms with Crippen LogP contribution in [-0.2, 0) is 6.42 Å². The molecule has 0 spiro atoms. The topological polar surface area (TPSA) is 68.9 Å². The van der Waals surface area contributed by atoms with Crippen molar-refractivity contribution in [3.8, 4) is 0 Å². The Bertz CT molecular complexity index is 1310. The molecule has 0 fully saturated rings. The summed E-state index contributed by atoms with van der Waals surface area (Å²) in [6.07, 6.45) is 0.238. The van der Waals surface area contributed by atoms with E-state index in [4.69, 9.17) is 4.98 Å². The maximum absolute atomic E-state index is 13.2. The van der Waals surface area contributed by atoms with Crippen molar-refractivity contribution >= 4 is 33.6 Å². The van der Waals surface area contributed by atoms with E-state index in [9.17, 15) is 9.59 Å². The predicted octanol–water partition coefficient (Wildman–Crippen LogP) is 4.30. The van der Waals surface area contributed by atoms with Gasteiger partial charge in [-0.15, -0.1) is 0 Å². The highest BCUT2D eigenvalue weighted by Crippen LogP contribution is 2.28. The fraction of sp³-hybridized carbons (Fsp3) is 0.292. The van der Waals surface area contributed by atoms with Gasteiger partial charge in [-0.25, -0.2) is 4.98 Å². The second kappa shape index (κ2) is 6.83. The number of Topliss-reactive ketones (excluding diaryl/α,β-unsaturated/α-hetero) is 1. The van der Waals surface area contributed by atoms with Crippen LogP contribution in [0, 0.1) is 0 Å². The number of aromatic nitrogens is 3. The Labute approximate surface area is 174 Å². The van der Waals surface area contributed by atoms with Crippen LogP contribution in [0.3, 0.4) is 0 Å². The standard InChI is InChI=1S/C24H24N4O2/c1-14(2)27-19-7-5-4-6-18(19)26-23(27)12-22(29)17-9-8-16-10-21-24(30)25-13-15(3)28(21)20(16)11-17/h4-11,14-15H,12-13H2,1-3H3,(H,25,30)/t15-/m1/s1. The number of nitrogens with one attached hydrogen (secondary N) is 1. The second-order valence-electron chi connectivity index (χ2n) is 8.31. The van der Waals surface area contributed by atoms with Gasteiger partial charge in [0, 0.05) is 35.1 Å². The first-order valence-corrected chi connectivity index (χ1v) is 10.4. The highest BCUT2D eigenvalue weighted by molar-refractivity contribution is 6.03. The zero-order valence-corrected chi connectivity index (χ0v) is 17.3. The summed E-state index contributed by atoms with van der Waals surface area (Å²) in [4.78, 5) is 30.2. The van der Waals surface area contributed by atoms with Crippen LogP contribution in [0.25, 0.3) is 21.9 Å². The number of rotatable bonds is 4. The maximum Gasteiger partial charge on any atom is 0.268 e. The number of nitrogens with zero attached hydrogens (tertiary/aromatic N) is 3. The molecule has 1 N–H and O–H groups in total. The summed E-state index contributed by atoms with van der Waals surface area (Å²) < 4.78 is 4.17. The summed E-state index contributed by atoms with van der Waals surface area (Å²) in [5.41, 5.74) is 4.17. The number of para-hydroxylation sites is 2. The molecule has 30 heavy (non-hydrogen) atoms. The first kappa shape index (κ1) is 18.6. The van der Waals surface area contributed by atoms with Crippen molar-refractivity contribution in [1.29, 1.82) is 0 Å². The molecule has 1 aliphatic heterocycles. The van der Waals surface area contributed by atoms with Gasteiger partial charge >= 0.3 is 0 Å². The lowest BCUT2D eigenvalue weighted by molar-refractivity contribution is 0.0918. The predicted molar refractivity (Wildman–Crippen MR) is 117 cm³/mol. The van der Waals surface area contributed by atoms with E-state index >= 15 is 0 Å². The van der Waals surface area contributed by atoms with Crippen LogP contribution in [0.15, 0.2) is 48.5 Å². The Morgan fingerprint density at radius 2 is 1.97 bits per heavy atom. The van der Waals surface area contributed by atoms with Gasteiger partial charge < -0.3 is 14.5 Å². The first-order chi connectivity index (χ1) is 14.4. The number of hydrogen-bond acceptors (Lipinski definition) is 3. The minimum absolute atomic E-state index is 0.0255. The lowest BCUT2D eigenvalue weighted by atomic mass is 10.1. The average Bonchev–Trinajstić information content (AvgIpc) is 3.29. The Morgan fingerprint density at radius 3 is 2.77 bits per heavy atom. The number of fused-ring (bicyclic) bond motifs is 4. The van der Waals surface area contributed by atoms with E-state index in [2.05, 4.69) is 30.7 Å². The van der Waals surface area contributed by atoms with Gasteiger partial charge in [0.2, 0.25) is 0 Å². The van der Waals surface area contributed by atoms with Crippen molar-refractivity contribution in [1.82, 2.24) is 19.4 Å². The largest absolute Gasteiger partial charge is 0.349 e. The Hall–Kier alpha value is -3.41. The number of carbonyl (C=O) groups is 2. The molecule has 0 saturated heterocycles. The van der Waals surface area contributed by atoms with Gasteiger partial charge in [-0.05, 0) is 45.0 Å². The van der Waals surface area contributed by atoms with E-state index in [1.54, 1.807) is 0 Å². The molecule has 0 saturated carbocycles. The lowest BCUT2D eigenvalue weighted by Gasteiger charge is -2.24. The Balaban J connectivity index is 1.55. The summed E-state index contributed by atoms with van der Waals surface area (Å²) in [6, 6.07) is 15.9. The third-order valence-corrected chi connectivity index (χ3v) is 5.90. The van der Waals surface area contributed by atoms with E-state index in [0.717, 1.165) is 27.8 Å². The number of amides is 1. The minimum atomic E-state index is -0.0668. The zero-order chi connectivity index (χ0) is 21.0. The van der Waals surface area contributed by atoms with Crippen molar-refractivity contribution in [3.63, 3.8) is 0 Å². The number of benzene rings is 2. The van der Waals surface area contributed by atoms with Crippen molar-refractivity contribution in [2.45, 2.75) is 39.3 Å². The summed E-state index contributed by atoms with van der Waals surface area (Å²) in [7, 11) is 0. The third kappa shape index (κ3) is 2.83. The van der Waals surface area contributed by atoms with Crippen LogP contribution >= 0.6 is 0 Å². The molecule has 5 rings (SSSR count). The Kier molecular flexibility index (Phi) is 4.24. The van der Waals surface area contributed by atoms with Gasteiger partial charge in [-0.3, -0.25) is 9.59 Å². The first-order valence-electron chi connectivity index (χ1n) is 10.4. The quantitative estimate of drug-likeness (QED) is 0.519. The number of imidazole rings is 1. The molecular weight excluding hydrogens is 376 g/mol. The second-order valence-corrected chi connectivity index (χ2v) is 8.31. The fourth-order valence-electron chi connectivity index (χ4n) is 4.51. The van der Waals surface area contributed by atoms with E-state index in [0.29, 0.717) is 17.8 Å². The van der Waals surface area contributed by atoms with Crippen LogP contribution in [0.2, 0.25) is 0 Å². The van der Waals surface area contributed by atoms with Crippen molar-refractivity contribution in [3.05, 3.63) is 65.6 Å². The van der Waals surface area contributed by atoms with E-state index in [1.807, 2.05) is 53.1 Å². The molecule has 152 valence electrons. The molecule has 1 atom stereocenters. The van der Waals surface area contributed by atoms with Gasteiger partial charge in [0.25, 0.3) is 5.91 Å². The summed E-state index contributed by atoms with van der Waals surface area (Å²) in [6.45, 7) is 6.87. The smallest absolute Gasteiger partial charge is 0.268 e. The molecular formula is C24H24N4O2. The Morgan fingerprint density at radius 1 is 1.17 bits per heavy atom. The molecule has 0 unspecified atom stereocenters. The number of ketones is 1. The monoisotopic (exact) mass is 400 g/mol. The summed E-state index contributed by atoms with van der Waals surface area (Å²) in [5.74, 6) is 0.738. The molecule has 4 aromatic rings. The van der Waals surface area contributed by atoms with Crippen LogP contribution < -0.4 is 5.32 Å². The normalized spacial score (nSPS) is 16.3.